The van der Waals surface area contributed by atoms with Crippen LogP contribution in [0.15, 0.2) is 0 Å². The van der Waals surface area contributed by atoms with Gasteiger partial charge in [0.1, 0.15) is 0 Å². The van der Waals surface area contributed by atoms with E-state index in [0.29, 0.717) is 12.1 Å². The zero-order valence-corrected chi connectivity index (χ0v) is 11.0. The van der Waals surface area contributed by atoms with Crippen molar-refractivity contribution in [1.29, 1.82) is 0 Å². The third-order valence-corrected chi connectivity index (χ3v) is 2.91. The molecule has 2 unspecified atom stereocenters. The maximum atomic E-state index is 5.44. The summed E-state index contributed by atoms with van der Waals surface area (Å²) in [6, 6.07) is 1.10. The summed E-state index contributed by atoms with van der Waals surface area (Å²) in [4.78, 5) is 2.23. The summed E-state index contributed by atoms with van der Waals surface area (Å²) in [5.41, 5.74) is 0. The smallest absolute Gasteiger partial charge is 0.0620 e. The van der Waals surface area contributed by atoms with E-state index in [9.17, 15) is 0 Å². The van der Waals surface area contributed by atoms with E-state index in [-0.39, 0.29) is 0 Å². The van der Waals surface area contributed by atoms with Crippen molar-refractivity contribution in [3.05, 3.63) is 0 Å². The number of nitrogens with one attached hydrogen (secondary N) is 2. The molecule has 0 radical (unpaired) electrons. The van der Waals surface area contributed by atoms with Gasteiger partial charge in [-0.2, -0.15) is 0 Å². The molecule has 2 atom stereocenters. The fraction of sp³-hybridized carbons (Fsp3) is 1.00. The molecule has 1 saturated heterocycles. The second kappa shape index (κ2) is 8.01. The van der Waals surface area contributed by atoms with E-state index in [1.807, 2.05) is 0 Å². The van der Waals surface area contributed by atoms with Crippen molar-refractivity contribution in [1.82, 2.24) is 15.5 Å². The number of nitrogens with zero attached hydrogens (tertiary/aromatic N) is 1. The van der Waals surface area contributed by atoms with Crippen LogP contribution in [-0.2, 0) is 4.74 Å². The first-order valence-electron chi connectivity index (χ1n) is 6.37. The quantitative estimate of drug-likeness (QED) is 0.616. The summed E-state index contributed by atoms with van der Waals surface area (Å²) in [6.45, 7) is 7.24. The summed E-state index contributed by atoms with van der Waals surface area (Å²) < 4.78 is 5.44. The fourth-order valence-corrected chi connectivity index (χ4v) is 2.02. The first kappa shape index (κ1) is 13.9. The van der Waals surface area contributed by atoms with Gasteiger partial charge in [0, 0.05) is 18.6 Å². The molecule has 0 amide bonds. The van der Waals surface area contributed by atoms with Crippen molar-refractivity contribution in [2.75, 3.05) is 46.9 Å². The van der Waals surface area contributed by atoms with Crippen LogP contribution in [0.1, 0.15) is 19.8 Å². The van der Waals surface area contributed by atoms with Crippen molar-refractivity contribution in [2.45, 2.75) is 31.8 Å². The minimum absolute atomic E-state index is 0.532. The van der Waals surface area contributed by atoms with Gasteiger partial charge in [0.25, 0.3) is 0 Å². The second-order valence-corrected chi connectivity index (χ2v) is 4.97. The number of hydrogen-bond acceptors (Lipinski definition) is 4. The third-order valence-electron chi connectivity index (χ3n) is 2.91. The molecule has 2 N–H and O–H groups in total. The molecule has 4 nitrogen and oxygen atoms in total. The average molecular weight is 229 g/mol. The highest BCUT2D eigenvalue weighted by Crippen LogP contribution is 2.02. The fourth-order valence-electron chi connectivity index (χ4n) is 2.02. The number of ether oxygens (including phenoxy) is 1. The van der Waals surface area contributed by atoms with E-state index in [1.54, 1.807) is 0 Å². The average Bonchev–Trinajstić information content (AvgIpc) is 2.25. The zero-order chi connectivity index (χ0) is 11.8. The second-order valence-electron chi connectivity index (χ2n) is 4.97. The van der Waals surface area contributed by atoms with Crippen molar-refractivity contribution >= 4 is 0 Å². The van der Waals surface area contributed by atoms with Gasteiger partial charge in [-0.1, -0.05) is 0 Å². The highest BCUT2D eigenvalue weighted by atomic mass is 16.5. The molecular weight excluding hydrogens is 202 g/mol. The molecule has 0 aromatic carbocycles. The van der Waals surface area contributed by atoms with E-state index >= 15 is 0 Å². The van der Waals surface area contributed by atoms with Gasteiger partial charge in [-0.25, -0.2) is 0 Å². The van der Waals surface area contributed by atoms with Crippen molar-refractivity contribution in [3.8, 4) is 0 Å². The molecule has 1 aliphatic rings. The summed E-state index contributed by atoms with van der Waals surface area (Å²) in [6.07, 6.45) is 2.37. The van der Waals surface area contributed by atoms with Crippen LogP contribution in [0, 0.1) is 0 Å². The molecule has 0 aromatic rings. The lowest BCUT2D eigenvalue weighted by atomic mass is 10.1. The topological polar surface area (TPSA) is 36.5 Å². The third kappa shape index (κ3) is 6.43. The number of hydrogen-bond donors (Lipinski definition) is 2. The molecular formula is C12H27N3O. The molecule has 1 aliphatic heterocycles. The van der Waals surface area contributed by atoms with E-state index in [1.165, 1.54) is 6.42 Å². The van der Waals surface area contributed by atoms with Crippen LogP contribution in [0.25, 0.3) is 0 Å². The van der Waals surface area contributed by atoms with Crippen molar-refractivity contribution in [2.24, 2.45) is 0 Å². The minimum atomic E-state index is 0.532. The van der Waals surface area contributed by atoms with Crippen LogP contribution in [-0.4, -0.2) is 63.9 Å². The van der Waals surface area contributed by atoms with E-state index < -0.39 is 0 Å². The molecule has 0 aromatic heterocycles. The molecule has 0 spiro atoms. The highest BCUT2D eigenvalue weighted by Gasteiger charge is 2.15. The van der Waals surface area contributed by atoms with Crippen molar-refractivity contribution in [3.63, 3.8) is 0 Å². The first-order chi connectivity index (χ1) is 7.68. The molecule has 4 heteroatoms. The number of rotatable bonds is 7. The molecule has 96 valence electrons. The van der Waals surface area contributed by atoms with Crippen LogP contribution in [0.3, 0.4) is 0 Å². The SMILES string of the molecule is CC(CC1COCCN1)NCCCN(C)C. The Labute approximate surface area is 99.7 Å². The largest absolute Gasteiger partial charge is 0.379 e. The Hall–Kier alpha value is -0.160. The van der Waals surface area contributed by atoms with E-state index in [4.69, 9.17) is 4.74 Å². The predicted octanol–water partition coefficient (Wildman–Crippen LogP) is 0.295. The Morgan fingerprint density at radius 3 is 2.94 bits per heavy atom. The van der Waals surface area contributed by atoms with Gasteiger partial charge in [-0.15, -0.1) is 0 Å². The molecule has 1 fully saturated rings. The maximum absolute atomic E-state index is 5.44. The molecule has 0 aliphatic carbocycles. The van der Waals surface area contributed by atoms with E-state index in [2.05, 4.69) is 36.6 Å². The maximum Gasteiger partial charge on any atom is 0.0620 e. The highest BCUT2D eigenvalue weighted by molar-refractivity contribution is 4.75. The van der Waals surface area contributed by atoms with Crippen LogP contribution in [0.5, 0.6) is 0 Å². The lowest BCUT2D eigenvalue weighted by Gasteiger charge is -2.26. The van der Waals surface area contributed by atoms with Gasteiger partial charge >= 0.3 is 0 Å². The Morgan fingerprint density at radius 2 is 2.31 bits per heavy atom. The van der Waals surface area contributed by atoms with Gasteiger partial charge in [0.05, 0.1) is 13.2 Å². The minimum Gasteiger partial charge on any atom is -0.379 e. The number of morpholine rings is 1. The molecule has 16 heavy (non-hydrogen) atoms. The van der Waals surface area contributed by atoms with Crippen LogP contribution in [0.2, 0.25) is 0 Å². The van der Waals surface area contributed by atoms with Gasteiger partial charge in [-0.3, -0.25) is 0 Å². The van der Waals surface area contributed by atoms with Crippen molar-refractivity contribution < 1.29 is 4.74 Å². The molecule has 0 bridgehead atoms. The van der Waals surface area contributed by atoms with Gasteiger partial charge in [0.15, 0.2) is 0 Å². The summed E-state index contributed by atoms with van der Waals surface area (Å²) in [7, 11) is 4.24. The van der Waals surface area contributed by atoms with Crippen LogP contribution < -0.4 is 10.6 Å². The van der Waals surface area contributed by atoms with Gasteiger partial charge in [-0.05, 0) is 47.0 Å². The zero-order valence-electron chi connectivity index (χ0n) is 11.0. The lowest BCUT2D eigenvalue weighted by Crippen LogP contribution is -2.45. The standard InChI is InChI=1S/C12H27N3O/c1-11(13-5-4-7-15(2)3)9-12-10-16-8-6-14-12/h11-14H,4-10H2,1-3H3. The normalized spacial score (nSPS) is 23.6. The van der Waals surface area contributed by atoms with Crippen LogP contribution >= 0.6 is 0 Å². The van der Waals surface area contributed by atoms with Crippen LogP contribution in [0.4, 0.5) is 0 Å². The summed E-state index contributed by atoms with van der Waals surface area (Å²) in [5.74, 6) is 0. The Kier molecular flexibility index (Phi) is 6.96. The van der Waals surface area contributed by atoms with Gasteiger partial charge in [0.2, 0.25) is 0 Å². The lowest BCUT2D eigenvalue weighted by molar-refractivity contribution is 0.0712. The summed E-state index contributed by atoms with van der Waals surface area (Å²) >= 11 is 0. The molecule has 1 rings (SSSR count). The Balaban J connectivity index is 1.99. The summed E-state index contributed by atoms with van der Waals surface area (Å²) in [5, 5.41) is 7.05. The van der Waals surface area contributed by atoms with Gasteiger partial charge < -0.3 is 20.3 Å². The Bertz CT molecular complexity index is 170. The predicted molar refractivity (Wildman–Crippen MR) is 67.9 cm³/mol. The molecule has 1 heterocycles. The molecule has 0 saturated carbocycles. The monoisotopic (exact) mass is 229 g/mol. The van der Waals surface area contributed by atoms with E-state index in [0.717, 1.165) is 39.3 Å². The Morgan fingerprint density at radius 1 is 1.50 bits per heavy atom. The first-order valence-corrected chi connectivity index (χ1v) is 6.37.